The van der Waals surface area contributed by atoms with Crippen LogP contribution in [0.5, 0.6) is 11.5 Å². The van der Waals surface area contributed by atoms with Gasteiger partial charge in [-0.25, -0.2) is 0 Å². The molecule has 2 aliphatic rings. The van der Waals surface area contributed by atoms with Gasteiger partial charge in [-0.2, -0.15) is 0 Å². The number of hydrogen-bond donors (Lipinski definition) is 2. The van der Waals surface area contributed by atoms with Crippen LogP contribution < -0.4 is 9.64 Å². The van der Waals surface area contributed by atoms with Crippen LogP contribution in [0.3, 0.4) is 0 Å². The summed E-state index contributed by atoms with van der Waals surface area (Å²) in [6.45, 7) is 3.58. The highest BCUT2D eigenvalue weighted by molar-refractivity contribution is 5.58. The van der Waals surface area contributed by atoms with Crippen molar-refractivity contribution in [3.63, 3.8) is 0 Å². The molecule has 1 aliphatic carbocycles. The molecule has 2 atom stereocenters. The van der Waals surface area contributed by atoms with Gasteiger partial charge in [0, 0.05) is 38.6 Å². The molecule has 0 amide bonds. The molecule has 1 saturated heterocycles. The van der Waals surface area contributed by atoms with Crippen molar-refractivity contribution in [2.75, 3.05) is 38.2 Å². The Balaban J connectivity index is 1.46. The Morgan fingerprint density at radius 2 is 1.73 bits per heavy atom. The van der Waals surface area contributed by atoms with E-state index in [2.05, 4.69) is 15.9 Å². The van der Waals surface area contributed by atoms with Crippen LogP contribution in [0.1, 0.15) is 11.1 Å². The summed E-state index contributed by atoms with van der Waals surface area (Å²) in [5.74, 6) is 1.25. The molecule has 1 aliphatic heterocycles. The lowest BCUT2D eigenvalue weighted by Gasteiger charge is -2.43. The predicted octanol–water partition coefficient (Wildman–Crippen LogP) is 2.05. The fraction of sp³-hybridized carbons (Fsp3) is 0.429. The second-order valence-corrected chi connectivity index (χ2v) is 7.15. The molecule has 0 bridgehead atoms. The standard InChI is InChI=1S/C21H26N2O3/c1-26-21-8-3-2-6-17(21)22-9-11-23(12-10-22)18-14-16-15(13-20(18)25)5-4-7-19(16)24/h2-8,18,20,24-25H,9-14H2,1H3/t18-,20-/m0/s1. The molecule has 26 heavy (non-hydrogen) atoms. The first-order chi connectivity index (χ1) is 12.7. The Labute approximate surface area is 154 Å². The van der Waals surface area contributed by atoms with Gasteiger partial charge in [-0.15, -0.1) is 0 Å². The summed E-state index contributed by atoms with van der Waals surface area (Å²) in [4.78, 5) is 4.71. The largest absolute Gasteiger partial charge is 0.508 e. The Kier molecular flexibility index (Phi) is 4.74. The van der Waals surface area contributed by atoms with Gasteiger partial charge in [-0.3, -0.25) is 4.90 Å². The van der Waals surface area contributed by atoms with E-state index in [-0.39, 0.29) is 12.1 Å². The normalized spacial score (nSPS) is 23.5. The number of benzene rings is 2. The summed E-state index contributed by atoms with van der Waals surface area (Å²) in [7, 11) is 1.71. The maximum absolute atomic E-state index is 10.7. The van der Waals surface area contributed by atoms with Gasteiger partial charge in [0.2, 0.25) is 0 Å². The zero-order chi connectivity index (χ0) is 18.1. The molecule has 138 valence electrons. The molecule has 1 heterocycles. The molecule has 4 rings (SSSR count). The second kappa shape index (κ2) is 7.17. The van der Waals surface area contributed by atoms with Gasteiger partial charge < -0.3 is 19.8 Å². The van der Waals surface area contributed by atoms with E-state index in [1.807, 2.05) is 30.3 Å². The van der Waals surface area contributed by atoms with E-state index < -0.39 is 0 Å². The lowest BCUT2D eigenvalue weighted by molar-refractivity contribution is 0.0390. The van der Waals surface area contributed by atoms with Crippen molar-refractivity contribution in [1.29, 1.82) is 0 Å². The van der Waals surface area contributed by atoms with Crippen molar-refractivity contribution in [1.82, 2.24) is 4.90 Å². The highest BCUT2D eigenvalue weighted by Crippen LogP contribution is 2.33. The lowest BCUT2D eigenvalue weighted by Crippen LogP contribution is -2.56. The average molecular weight is 354 g/mol. The van der Waals surface area contributed by atoms with Crippen LogP contribution in [0.15, 0.2) is 42.5 Å². The number of methoxy groups -OCH3 is 1. The number of ether oxygens (including phenoxy) is 1. The summed E-state index contributed by atoms with van der Waals surface area (Å²) >= 11 is 0. The first kappa shape index (κ1) is 17.2. The van der Waals surface area contributed by atoms with Crippen LogP contribution in [0.2, 0.25) is 0 Å². The Morgan fingerprint density at radius 3 is 2.50 bits per heavy atom. The maximum atomic E-state index is 10.7. The van der Waals surface area contributed by atoms with Gasteiger partial charge in [0.1, 0.15) is 11.5 Å². The summed E-state index contributed by atoms with van der Waals surface area (Å²) in [6, 6.07) is 13.8. The van der Waals surface area contributed by atoms with E-state index in [0.29, 0.717) is 18.6 Å². The van der Waals surface area contributed by atoms with E-state index >= 15 is 0 Å². The number of nitrogens with zero attached hydrogens (tertiary/aromatic N) is 2. The minimum absolute atomic E-state index is 0.0654. The van der Waals surface area contributed by atoms with Crippen LogP contribution in [0.25, 0.3) is 0 Å². The van der Waals surface area contributed by atoms with E-state index in [0.717, 1.165) is 48.7 Å². The molecule has 1 fully saturated rings. The monoisotopic (exact) mass is 354 g/mol. The molecule has 5 nitrogen and oxygen atoms in total. The van der Waals surface area contributed by atoms with E-state index in [1.54, 1.807) is 13.2 Å². The average Bonchev–Trinajstić information content (AvgIpc) is 2.68. The summed E-state index contributed by atoms with van der Waals surface area (Å²) < 4.78 is 5.49. The van der Waals surface area contributed by atoms with Gasteiger partial charge in [0.15, 0.2) is 0 Å². The molecule has 0 radical (unpaired) electrons. The molecule has 5 heteroatoms. The van der Waals surface area contributed by atoms with E-state index in [1.165, 1.54) is 0 Å². The molecule has 2 N–H and O–H groups in total. The Morgan fingerprint density at radius 1 is 0.962 bits per heavy atom. The SMILES string of the molecule is COc1ccccc1N1CCN([C@H]2Cc3c(O)cccc3C[C@@H]2O)CC1. The van der Waals surface area contributed by atoms with Crippen molar-refractivity contribution in [2.24, 2.45) is 0 Å². The molecular formula is C21H26N2O3. The van der Waals surface area contributed by atoms with Gasteiger partial charge in [-0.1, -0.05) is 24.3 Å². The van der Waals surface area contributed by atoms with Crippen LogP contribution in [0, 0.1) is 0 Å². The number of fused-ring (bicyclic) bond motifs is 1. The summed E-state index contributed by atoms with van der Waals surface area (Å²) in [6.07, 6.45) is 0.931. The third-order valence-electron chi connectivity index (χ3n) is 5.74. The van der Waals surface area contributed by atoms with Crippen molar-refractivity contribution in [3.8, 4) is 11.5 Å². The molecule has 2 aromatic rings. The van der Waals surface area contributed by atoms with Gasteiger partial charge in [0.05, 0.1) is 18.9 Å². The van der Waals surface area contributed by atoms with Gasteiger partial charge in [0.25, 0.3) is 0 Å². The van der Waals surface area contributed by atoms with Crippen molar-refractivity contribution >= 4 is 5.69 Å². The Bertz CT molecular complexity index is 772. The molecule has 0 unspecified atom stereocenters. The third-order valence-corrected chi connectivity index (χ3v) is 5.74. The highest BCUT2D eigenvalue weighted by atomic mass is 16.5. The van der Waals surface area contributed by atoms with Crippen molar-refractivity contribution in [3.05, 3.63) is 53.6 Å². The number of piperazine rings is 1. The van der Waals surface area contributed by atoms with Crippen LogP contribution >= 0.6 is 0 Å². The molecular weight excluding hydrogens is 328 g/mol. The lowest BCUT2D eigenvalue weighted by atomic mass is 9.84. The zero-order valence-electron chi connectivity index (χ0n) is 15.1. The van der Waals surface area contributed by atoms with E-state index in [4.69, 9.17) is 4.74 Å². The fourth-order valence-corrected chi connectivity index (χ4v) is 4.31. The number of rotatable bonds is 3. The second-order valence-electron chi connectivity index (χ2n) is 7.15. The number of phenols is 1. The molecule has 2 aromatic carbocycles. The van der Waals surface area contributed by atoms with Crippen LogP contribution in [-0.4, -0.2) is 60.5 Å². The number of aromatic hydroxyl groups is 1. The van der Waals surface area contributed by atoms with Gasteiger partial charge >= 0.3 is 0 Å². The fourth-order valence-electron chi connectivity index (χ4n) is 4.31. The molecule has 0 aromatic heterocycles. The zero-order valence-corrected chi connectivity index (χ0v) is 15.1. The first-order valence-electron chi connectivity index (χ1n) is 9.27. The van der Waals surface area contributed by atoms with Crippen molar-refractivity contribution < 1.29 is 14.9 Å². The topological polar surface area (TPSA) is 56.2 Å². The maximum Gasteiger partial charge on any atom is 0.142 e. The smallest absolute Gasteiger partial charge is 0.142 e. The Hall–Kier alpha value is -2.24. The molecule has 0 spiro atoms. The van der Waals surface area contributed by atoms with Crippen LogP contribution in [0.4, 0.5) is 5.69 Å². The number of aliphatic hydroxyl groups excluding tert-OH is 1. The number of anilines is 1. The number of aliphatic hydroxyl groups is 1. The third kappa shape index (κ3) is 3.13. The first-order valence-corrected chi connectivity index (χ1v) is 9.27. The van der Waals surface area contributed by atoms with Crippen LogP contribution in [-0.2, 0) is 12.8 Å². The van der Waals surface area contributed by atoms with Gasteiger partial charge in [-0.05, 0) is 35.7 Å². The molecule has 0 saturated carbocycles. The predicted molar refractivity (Wildman–Crippen MR) is 102 cm³/mol. The number of hydrogen-bond acceptors (Lipinski definition) is 5. The summed E-state index contributed by atoms with van der Waals surface area (Å²) in [5, 5.41) is 20.9. The quantitative estimate of drug-likeness (QED) is 0.884. The minimum Gasteiger partial charge on any atom is -0.508 e. The van der Waals surface area contributed by atoms with E-state index in [9.17, 15) is 10.2 Å². The summed E-state index contributed by atoms with van der Waals surface area (Å²) in [5.41, 5.74) is 3.19. The minimum atomic E-state index is -0.387. The number of phenolic OH excluding ortho intramolecular Hbond substituents is 1. The highest BCUT2D eigenvalue weighted by Gasteiger charge is 2.34. The van der Waals surface area contributed by atoms with Crippen molar-refractivity contribution in [2.45, 2.75) is 25.0 Å². The number of para-hydroxylation sites is 2.